The predicted molar refractivity (Wildman–Crippen MR) is 119 cm³/mol. The van der Waals surface area contributed by atoms with E-state index in [1.54, 1.807) is 18.5 Å². The van der Waals surface area contributed by atoms with Gasteiger partial charge in [0.2, 0.25) is 5.88 Å². The number of nitriles is 1. The maximum absolute atomic E-state index is 9.94. The fourth-order valence-electron chi connectivity index (χ4n) is 4.37. The Hall–Kier alpha value is -3.42. The van der Waals surface area contributed by atoms with Crippen LogP contribution in [0, 0.1) is 11.3 Å². The third kappa shape index (κ3) is 3.35. The summed E-state index contributed by atoms with van der Waals surface area (Å²) in [7, 11) is 0. The Labute approximate surface area is 192 Å². The first-order valence-electron chi connectivity index (χ1n) is 10.4. The number of hydrogen-bond acceptors (Lipinski definition) is 7. The second-order valence-electron chi connectivity index (χ2n) is 7.99. The molecule has 0 radical (unpaired) electrons. The molecule has 0 unspecified atom stereocenters. The fraction of sp³-hybridized carbons (Fsp3) is 0.261. The molecule has 3 aromatic heterocycles. The van der Waals surface area contributed by atoms with E-state index in [0.717, 1.165) is 17.0 Å². The molecule has 2 aliphatic rings. The molecule has 2 fully saturated rings. The van der Waals surface area contributed by atoms with E-state index in [-0.39, 0.29) is 24.7 Å². The summed E-state index contributed by atoms with van der Waals surface area (Å²) in [5.74, 6) is 1.05. The van der Waals surface area contributed by atoms with Crippen molar-refractivity contribution in [2.45, 2.75) is 24.4 Å². The number of H-pyrrole nitrogens is 2. The van der Waals surface area contributed by atoms with Crippen molar-refractivity contribution in [1.29, 1.82) is 5.26 Å². The standard InChI is InChI=1S/C23H18ClN5O4/c24-14-7-15-19(29-18(14)11-1-3-12(4-2-11)22-26-5-6-27-22)13(8-25)23(28-15)33-17-10-32-20-16(30)9-31-21(17)20/h1-7,16-17,20-21,28,30H,9-10H2,(H,26,27)/t16-,17-,20-,21-/m1/s1. The lowest BCUT2D eigenvalue weighted by atomic mass is 10.1. The maximum Gasteiger partial charge on any atom is 0.212 e. The fourth-order valence-corrected chi connectivity index (χ4v) is 4.63. The number of rotatable bonds is 4. The molecule has 2 aliphatic heterocycles. The Balaban J connectivity index is 1.34. The average molecular weight is 464 g/mol. The molecule has 2 saturated heterocycles. The molecular formula is C23H18ClN5O4. The summed E-state index contributed by atoms with van der Waals surface area (Å²) in [6.07, 6.45) is 1.53. The molecule has 5 heterocycles. The van der Waals surface area contributed by atoms with Crippen LogP contribution in [0.5, 0.6) is 5.88 Å². The number of aromatic nitrogens is 4. The van der Waals surface area contributed by atoms with Gasteiger partial charge in [-0.3, -0.25) is 0 Å². The van der Waals surface area contributed by atoms with Gasteiger partial charge in [-0.25, -0.2) is 9.97 Å². The first-order chi connectivity index (χ1) is 16.1. The highest BCUT2D eigenvalue weighted by Crippen LogP contribution is 2.36. The van der Waals surface area contributed by atoms with Crippen molar-refractivity contribution in [2.75, 3.05) is 13.2 Å². The van der Waals surface area contributed by atoms with Crippen molar-refractivity contribution < 1.29 is 19.3 Å². The van der Waals surface area contributed by atoms with Gasteiger partial charge in [-0.2, -0.15) is 5.26 Å². The molecule has 3 N–H and O–H groups in total. The van der Waals surface area contributed by atoms with Gasteiger partial charge >= 0.3 is 0 Å². The van der Waals surface area contributed by atoms with Crippen LogP contribution < -0.4 is 4.74 Å². The Morgan fingerprint density at radius 3 is 2.70 bits per heavy atom. The van der Waals surface area contributed by atoms with Gasteiger partial charge in [-0.1, -0.05) is 35.9 Å². The summed E-state index contributed by atoms with van der Waals surface area (Å²) in [4.78, 5) is 15.1. The third-order valence-corrected chi connectivity index (χ3v) is 6.27. The highest BCUT2D eigenvalue weighted by molar-refractivity contribution is 6.33. The van der Waals surface area contributed by atoms with Crippen molar-refractivity contribution in [1.82, 2.24) is 19.9 Å². The minimum atomic E-state index is -0.677. The van der Waals surface area contributed by atoms with E-state index in [1.807, 2.05) is 24.3 Å². The van der Waals surface area contributed by atoms with Crippen LogP contribution in [0.2, 0.25) is 5.02 Å². The second kappa shape index (κ2) is 7.86. The van der Waals surface area contributed by atoms with Gasteiger partial charge in [0, 0.05) is 23.5 Å². The summed E-state index contributed by atoms with van der Waals surface area (Å²) in [5, 5.41) is 20.2. The molecule has 6 rings (SSSR count). The van der Waals surface area contributed by atoms with Gasteiger partial charge in [-0.15, -0.1) is 0 Å². The van der Waals surface area contributed by atoms with Gasteiger partial charge in [0.05, 0.1) is 29.4 Å². The Morgan fingerprint density at radius 2 is 1.94 bits per heavy atom. The van der Waals surface area contributed by atoms with Crippen LogP contribution in [-0.4, -0.2) is 62.7 Å². The lowest BCUT2D eigenvalue weighted by Crippen LogP contribution is -2.34. The summed E-state index contributed by atoms with van der Waals surface area (Å²) < 4.78 is 17.3. The first-order valence-corrected chi connectivity index (χ1v) is 10.8. The molecule has 33 heavy (non-hydrogen) atoms. The molecular weight excluding hydrogens is 446 g/mol. The molecule has 0 spiro atoms. The van der Waals surface area contributed by atoms with Crippen molar-refractivity contribution in [3.05, 3.63) is 53.3 Å². The zero-order chi connectivity index (χ0) is 22.5. The van der Waals surface area contributed by atoms with Gasteiger partial charge < -0.3 is 29.3 Å². The number of nitrogens with zero attached hydrogens (tertiary/aromatic N) is 3. The Kier molecular flexibility index (Phi) is 4.81. The van der Waals surface area contributed by atoms with E-state index < -0.39 is 24.4 Å². The number of benzene rings is 1. The van der Waals surface area contributed by atoms with Crippen LogP contribution in [0.3, 0.4) is 0 Å². The van der Waals surface area contributed by atoms with Crippen LogP contribution in [0.25, 0.3) is 33.7 Å². The number of halogens is 1. The predicted octanol–water partition coefficient (Wildman–Crippen LogP) is 3.05. The number of aliphatic hydroxyl groups excluding tert-OH is 1. The smallest absolute Gasteiger partial charge is 0.212 e. The van der Waals surface area contributed by atoms with Crippen molar-refractivity contribution in [3.63, 3.8) is 0 Å². The molecule has 0 bridgehead atoms. The highest BCUT2D eigenvalue weighted by atomic mass is 35.5. The SMILES string of the molecule is N#Cc1c(O[C@@H]2CO[C@H]3[C@@H]2OC[C@H]3O)[nH]c2cc(Cl)c(-c3ccc(-c4ncc[nH]4)cc3)nc12. The first kappa shape index (κ1) is 20.2. The van der Waals surface area contributed by atoms with Crippen molar-refractivity contribution in [3.8, 4) is 34.6 Å². The van der Waals surface area contributed by atoms with E-state index in [0.29, 0.717) is 21.7 Å². The number of aromatic amines is 2. The molecule has 1 aromatic carbocycles. The lowest BCUT2D eigenvalue weighted by Gasteiger charge is -2.16. The van der Waals surface area contributed by atoms with Crippen LogP contribution in [0.1, 0.15) is 5.56 Å². The molecule has 10 heteroatoms. The Bertz CT molecular complexity index is 1360. The topological polar surface area (TPSA) is 129 Å². The van der Waals surface area contributed by atoms with E-state index in [1.165, 1.54) is 0 Å². The average Bonchev–Trinajstić information content (AvgIpc) is 3.60. The van der Waals surface area contributed by atoms with Crippen molar-refractivity contribution in [2.24, 2.45) is 0 Å². The van der Waals surface area contributed by atoms with Crippen LogP contribution in [0.4, 0.5) is 0 Å². The van der Waals surface area contributed by atoms with Crippen LogP contribution in [-0.2, 0) is 9.47 Å². The molecule has 4 aromatic rings. The molecule has 166 valence electrons. The largest absolute Gasteiger partial charge is 0.469 e. The number of aliphatic hydroxyl groups is 1. The second-order valence-corrected chi connectivity index (χ2v) is 8.40. The zero-order valence-electron chi connectivity index (χ0n) is 17.2. The number of imidazole rings is 1. The normalized spacial score (nSPS) is 24.2. The van der Waals surface area contributed by atoms with E-state index in [2.05, 4.69) is 21.0 Å². The molecule has 4 atom stereocenters. The van der Waals surface area contributed by atoms with Crippen LogP contribution in [0.15, 0.2) is 42.7 Å². The maximum atomic E-state index is 9.94. The summed E-state index contributed by atoms with van der Waals surface area (Å²) in [5.41, 5.74) is 3.63. The molecule has 0 amide bonds. The van der Waals surface area contributed by atoms with Crippen LogP contribution >= 0.6 is 11.6 Å². The minimum absolute atomic E-state index is 0.201. The van der Waals surface area contributed by atoms with Gasteiger partial charge in [-0.05, 0) is 6.07 Å². The van der Waals surface area contributed by atoms with Crippen molar-refractivity contribution >= 4 is 22.6 Å². The minimum Gasteiger partial charge on any atom is -0.469 e. The quantitative estimate of drug-likeness (QED) is 0.424. The number of pyridine rings is 1. The van der Waals surface area contributed by atoms with E-state index in [9.17, 15) is 10.4 Å². The summed E-state index contributed by atoms with van der Waals surface area (Å²) >= 11 is 6.55. The Morgan fingerprint density at radius 1 is 1.15 bits per heavy atom. The van der Waals surface area contributed by atoms with E-state index >= 15 is 0 Å². The van der Waals surface area contributed by atoms with Gasteiger partial charge in [0.1, 0.15) is 41.3 Å². The van der Waals surface area contributed by atoms with Gasteiger partial charge in [0.25, 0.3) is 0 Å². The lowest BCUT2D eigenvalue weighted by molar-refractivity contribution is 0.00789. The number of fused-ring (bicyclic) bond motifs is 2. The van der Waals surface area contributed by atoms with E-state index in [4.69, 9.17) is 30.8 Å². The third-order valence-electron chi connectivity index (χ3n) is 5.98. The molecule has 0 aliphatic carbocycles. The number of nitrogens with one attached hydrogen (secondary N) is 2. The monoisotopic (exact) mass is 463 g/mol. The number of hydrogen-bond donors (Lipinski definition) is 3. The zero-order valence-corrected chi connectivity index (χ0v) is 17.9. The highest BCUT2D eigenvalue weighted by Gasteiger charge is 2.48. The molecule has 9 nitrogen and oxygen atoms in total. The number of ether oxygens (including phenoxy) is 3. The summed E-state index contributed by atoms with van der Waals surface area (Å²) in [6, 6.07) is 11.6. The summed E-state index contributed by atoms with van der Waals surface area (Å²) in [6.45, 7) is 0.459. The van der Waals surface area contributed by atoms with Gasteiger partial charge in [0.15, 0.2) is 6.10 Å². The molecule has 0 saturated carbocycles.